The number of hydrogen-bond acceptors (Lipinski definition) is 4. The molecule has 0 saturated heterocycles. The first kappa shape index (κ1) is 31.3. The second-order valence-electron chi connectivity index (χ2n) is 10.0. The van der Waals surface area contributed by atoms with E-state index >= 15 is 0 Å². The number of furan rings is 1. The van der Waals surface area contributed by atoms with Crippen LogP contribution in [-0.4, -0.2) is 15.9 Å². The van der Waals surface area contributed by atoms with Crippen molar-refractivity contribution >= 4 is 38.3 Å². The number of aromatic nitrogens is 1. The minimum absolute atomic E-state index is 0. The van der Waals surface area contributed by atoms with Crippen molar-refractivity contribution in [3.63, 3.8) is 0 Å². The Morgan fingerprint density at radius 1 is 0.900 bits per heavy atom. The maximum atomic E-state index is 11.7. The van der Waals surface area contributed by atoms with Crippen LogP contribution in [0.5, 0.6) is 0 Å². The fourth-order valence-corrected chi connectivity index (χ4v) is 5.20. The topological polar surface area (TPSA) is 63.3 Å². The molecule has 3 aromatic carbocycles. The van der Waals surface area contributed by atoms with Crippen LogP contribution in [0.1, 0.15) is 59.1 Å². The van der Waals surface area contributed by atoms with E-state index in [2.05, 4.69) is 53.5 Å². The van der Waals surface area contributed by atoms with Gasteiger partial charge in [0.25, 0.3) is 0 Å². The summed E-state index contributed by atoms with van der Waals surface area (Å²) in [5.41, 5.74) is 2.67. The van der Waals surface area contributed by atoms with Gasteiger partial charge in [-0.1, -0.05) is 91.9 Å². The van der Waals surface area contributed by atoms with Crippen LogP contribution >= 0.6 is 0 Å². The summed E-state index contributed by atoms with van der Waals surface area (Å²) in [6.45, 7) is 10.0. The quantitative estimate of drug-likeness (QED) is 0.0753. The summed E-state index contributed by atoms with van der Waals surface area (Å²) < 4.78 is 5.93. The van der Waals surface area contributed by atoms with Crippen LogP contribution in [0.4, 0.5) is 0 Å². The van der Waals surface area contributed by atoms with Crippen molar-refractivity contribution in [2.24, 2.45) is 11.8 Å². The minimum atomic E-state index is 0. The number of aliphatic hydroxyl groups is 1. The maximum absolute atomic E-state index is 11.7. The summed E-state index contributed by atoms with van der Waals surface area (Å²) in [7, 11) is 0. The Kier molecular flexibility index (Phi) is 11.2. The van der Waals surface area contributed by atoms with E-state index in [4.69, 9.17) is 4.42 Å². The standard InChI is InChI=1S/C22H14NO.C13H24O2.Ir/c1-14-12-16-10-11-23-21(22(16)24-14)20-13-15-6-2-3-7-17(15)18-8-4-5-9-19(18)20;1-5-10(6-2)12(14)9-13(15)11(7-3)8-4;/h2-12H,1H3;9-11,14H,5-8H2,1-4H3;/q-1;;/b;12-9-;. The van der Waals surface area contributed by atoms with Crippen LogP contribution in [0.3, 0.4) is 0 Å². The van der Waals surface area contributed by atoms with Crippen molar-refractivity contribution in [1.82, 2.24) is 4.98 Å². The van der Waals surface area contributed by atoms with E-state index in [1.165, 1.54) is 16.8 Å². The van der Waals surface area contributed by atoms with Crippen molar-refractivity contribution in [2.75, 3.05) is 0 Å². The number of carbonyl (C=O) groups is 1. The van der Waals surface area contributed by atoms with E-state index in [9.17, 15) is 9.90 Å². The monoisotopic (exact) mass is 713 g/mol. The van der Waals surface area contributed by atoms with Crippen LogP contribution in [0, 0.1) is 24.8 Å². The Balaban J connectivity index is 0.000000243. The first-order chi connectivity index (χ1) is 18.9. The number of aryl methyl sites for hydroxylation is 1. The summed E-state index contributed by atoms with van der Waals surface area (Å²) in [5, 5.41) is 15.5. The predicted octanol–water partition coefficient (Wildman–Crippen LogP) is 9.78. The second-order valence-corrected chi connectivity index (χ2v) is 10.0. The van der Waals surface area contributed by atoms with Gasteiger partial charge in [0.15, 0.2) is 5.78 Å². The Labute approximate surface area is 250 Å². The molecule has 0 unspecified atom stereocenters. The molecule has 0 aliphatic carbocycles. The summed E-state index contributed by atoms with van der Waals surface area (Å²) in [4.78, 5) is 16.3. The molecule has 4 nitrogen and oxygen atoms in total. The van der Waals surface area contributed by atoms with Crippen LogP contribution < -0.4 is 0 Å². The number of pyridine rings is 1. The molecule has 2 aromatic heterocycles. The van der Waals surface area contributed by atoms with Gasteiger partial charge in [-0.05, 0) is 44.7 Å². The van der Waals surface area contributed by atoms with E-state index in [0.29, 0.717) is 0 Å². The van der Waals surface area contributed by atoms with Gasteiger partial charge in [0, 0.05) is 55.3 Å². The number of ketones is 1. The molecule has 0 bridgehead atoms. The molecule has 0 aliphatic heterocycles. The summed E-state index contributed by atoms with van der Waals surface area (Å²) in [6.07, 6.45) is 6.74. The number of hydrogen-bond donors (Lipinski definition) is 1. The molecular weight excluding hydrogens is 675 g/mol. The van der Waals surface area contributed by atoms with E-state index in [-0.39, 0.29) is 43.5 Å². The molecule has 0 fully saturated rings. The number of aliphatic hydroxyl groups excluding tert-OH is 1. The fourth-order valence-electron chi connectivity index (χ4n) is 5.20. The minimum Gasteiger partial charge on any atom is -0.512 e. The van der Waals surface area contributed by atoms with E-state index in [0.717, 1.165) is 64.4 Å². The van der Waals surface area contributed by atoms with Gasteiger partial charge >= 0.3 is 0 Å². The van der Waals surface area contributed by atoms with Gasteiger partial charge in [0.2, 0.25) is 0 Å². The van der Waals surface area contributed by atoms with Gasteiger partial charge in [-0.25, -0.2) is 0 Å². The fraction of sp³-hybridized carbons (Fsp3) is 0.314. The number of rotatable bonds is 8. The van der Waals surface area contributed by atoms with E-state index in [1.807, 2.05) is 59.0 Å². The number of benzene rings is 3. The van der Waals surface area contributed by atoms with Gasteiger partial charge < -0.3 is 9.52 Å². The normalized spacial score (nSPS) is 11.6. The molecule has 0 aliphatic rings. The van der Waals surface area contributed by atoms with E-state index in [1.54, 1.807) is 0 Å². The first-order valence-corrected chi connectivity index (χ1v) is 14.0. The molecule has 40 heavy (non-hydrogen) atoms. The van der Waals surface area contributed by atoms with Gasteiger partial charge in [-0.2, -0.15) is 0 Å². The number of nitrogens with zero attached hydrogens (tertiary/aromatic N) is 1. The number of fused-ring (bicyclic) bond motifs is 4. The molecule has 5 aromatic rings. The molecule has 211 valence electrons. The zero-order chi connectivity index (χ0) is 27.9. The van der Waals surface area contributed by atoms with Gasteiger partial charge in [0.1, 0.15) is 11.3 Å². The SMILES string of the molecule is CCC(CC)C(=O)/C=C(\O)C(CC)CC.Cc1cc2ccnc(-c3[c-]c4ccccc4c4ccccc34)c2o1.[Ir]. The van der Waals surface area contributed by atoms with Crippen molar-refractivity contribution in [1.29, 1.82) is 0 Å². The smallest absolute Gasteiger partial charge is 0.162 e. The average Bonchev–Trinajstić information content (AvgIpc) is 3.34. The largest absolute Gasteiger partial charge is 0.512 e. The Bertz CT molecular complexity index is 1610. The second kappa shape index (κ2) is 14.4. The van der Waals surface area contributed by atoms with Crippen LogP contribution in [0.15, 0.2) is 83.1 Å². The summed E-state index contributed by atoms with van der Waals surface area (Å²) in [6, 6.07) is 24.4. The zero-order valence-corrected chi connectivity index (χ0v) is 26.4. The molecule has 0 saturated carbocycles. The van der Waals surface area contributed by atoms with Crippen molar-refractivity contribution in [2.45, 2.75) is 60.3 Å². The Morgan fingerprint density at radius 3 is 2.15 bits per heavy atom. The van der Waals surface area contributed by atoms with Crippen molar-refractivity contribution in [3.05, 3.63) is 90.5 Å². The Morgan fingerprint density at radius 2 is 1.50 bits per heavy atom. The molecule has 0 spiro atoms. The maximum Gasteiger partial charge on any atom is 0.162 e. The molecule has 0 atom stereocenters. The predicted molar refractivity (Wildman–Crippen MR) is 162 cm³/mol. The van der Waals surface area contributed by atoms with Crippen molar-refractivity contribution in [3.8, 4) is 11.3 Å². The summed E-state index contributed by atoms with van der Waals surface area (Å²) in [5.74, 6) is 1.44. The third-order valence-electron chi connectivity index (χ3n) is 7.55. The van der Waals surface area contributed by atoms with Crippen molar-refractivity contribution < 1.29 is 34.4 Å². The molecule has 5 rings (SSSR count). The van der Waals surface area contributed by atoms with Crippen LogP contribution in [-0.2, 0) is 24.9 Å². The average molecular weight is 713 g/mol. The summed E-state index contributed by atoms with van der Waals surface area (Å²) >= 11 is 0. The number of carbonyl (C=O) groups excluding carboxylic acids is 1. The molecule has 5 heteroatoms. The van der Waals surface area contributed by atoms with Crippen LogP contribution in [0.2, 0.25) is 0 Å². The van der Waals surface area contributed by atoms with Crippen LogP contribution in [0.25, 0.3) is 43.8 Å². The molecule has 1 N–H and O–H groups in total. The van der Waals surface area contributed by atoms with E-state index < -0.39 is 0 Å². The third kappa shape index (κ3) is 6.71. The Hall–Kier alpha value is -3.27. The van der Waals surface area contributed by atoms with Gasteiger partial charge in [-0.3, -0.25) is 9.78 Å². The molecule has 1 radical (unpaired) electrons. The number of allylic oxidation sites excluding steroid dienone is 2. The van der Waals surface area contributed by atoms with Gasteiger partial charge in [-0.15, -0.1) is 17.5 Å². The molecule has 2 heterocycles. The van der Waals surface area contributed by atoms with Gasteiger partial charge in [0.05, 0.1) is 5.76 Å². The molecular formula is C35H38IrNO3-. The molecule has 0 amide bonds. The third-order valence-corrected chi connectivity index (χ3v) is 7.55. The zero-order valence-electron chi connectivity index (χ0n) is 24.0. The first-order valence-electron chi connectivity index (χ1n) is 14.0.